The molecule has 1 fully saturated rings. The van der Waals surface area contributed by atoms with E-state index in [0.717, 1.165) is 0 Å². The fourth-order valence-electron chi connectivity index (χ4n) is 2.58. The summed E-state index contributed by atoms with van der Waals surface area (Å²) in [5.41, 5.74) is 0. The molecule has 5 nitrogen and oxygen atoms in total. The molecule has 1 atom stereocenters. The van der Waals surface area contributed by atoms with Crippen molar-refractivity contribution in [3.63, 3.8) is 0 Å². The van der Waals surface area contributed by atoms with Crippen molar-refractivity contribution in [3.8, 4) is 5.75 Å². The molecular formula is C15H22FNO4S. The molecule has 0 radical (unpaired) electrons. The quantitative estimate of drug-likeness (QED) is 0.760. The van der Waals surface area contributed by atoms with Crippen molar-refractivity contribution < 1.29 is 22.7 Å². The molecule has 1 aliphatic carbocycles. The topological polar surface area (TPSA) is 75.6 Å². The molecule has 7 heteroatoms. The van der Waals surface area contributed by atoms with E-state index in [1.165, 1.54) is 12.1 Å². The van der Waals surface area contributed by atoms with Crippen molar-refractivity contribution in [3.05, 3.63) is 30.1 Å². The third kappa shape index (κ3) is 4.66. The normalized spacial score (nSPS) is 22.9. The molecule has 1 unspecified atom stereocenters. The molecule has 0 heterocycles. The fraction of sp³-hybridized carbons (Fsp3) is 0.600. The second-order valence-electron chi connectivity index (χ2n) is 5.62. The van der Waals surface area contributed by atoms with Crippen molar-refractivity contribution in [2.24, 2.45) is 5.92 Å². The first-order valence-electron chi connectivity index (χ1n) is 7.46. The Morgan fingerprint density at radius 1 is 1.41 bits per heavy atom. The molecule has 2 rings (SSSR count). The number of nitrogens with one attached hydrogen (secondary N) is 1. The Kier molecular flexibility index (Phi) is 5.77. The number of halogens is 1. The van der Waals surface area contributed by atoms with E-state index in [1.54, 1.807) is 12.1 Å². The van der Waals surface area contributed by atoms with Crippen LogP contribution in [0.5, 0.6) is 5.75 Å². The maximum absolute atomic E-state index is 13.4. The third-order valence-corrected chi connectivity index (χ3v) is 5.30. The number of hydrogen-bond acceptors (Lipinski definition) is 4. The number of aliphatic hydroxyl groups excluding tert-OH is 1. The van der Waals surface area contributed by atoms with Gasteiger partial charge in [0.25, 0.3) is 0 Å². The van der Waals surface area contributed by atoms with Gasteiger partial charge in [-0.25, -0.2) is 17.5 Å². The second-order valence-corrected chi connectivity index (χ2v) is 7.49. The predicted molar refractivity (Wildman–Crippen MR) is 81.6 cm³/mol. The largest absolute Gasteiger partial charge is 0.489 e. The summed E-state index contributed by atoms with van der Waals surface area (Å²) >= 11 is 0. The number of hydrogen-bond donors (Lipinski definition) is 2. The molecule has 0 amide bonds. The van der Waals surface area contributed by atoms with E-state index in [-0.39, 0.29) is 36.2 Å². The lowest BCUT2D eigenvalue weighted by atomic mass is 9.77. The first kappa shape index (κ1) is 17.2. The highest BCUT2D eigenvalue weighted by atomic mass is 32.2. The summed E-state index contributed by atoms with van der Waals surface area (Å²) in [7, 11) is -3.49. The van der Waals surface area contributed by atoms with Gasteiger partial charge in [-0.05, 0) is 37.3 Å². The standard InChI is InChI=1S/C15H22FNO4S/c1-2-14(11-9-12(18)10-11)17-22(19,20)8-7-21-15-6-4-3-5-13(15)16/h3-6,11-12,14,17-18H,2,7-10H2,1H3. The van der Waals surface area contributed by atoms with E-state index in [1.807, 2.05) is 6.92 Å². The van der Waals surface area contributed by atoms with Gasteiger partial charge in [0.1, 0.15) is 6.61 Å². The van der Waals surface area contributed by atoms with E-state index < -0.39 is 15.8 Å². The van der Waals surface area contributed by atoms with Crippen LogP contribution in [0.15, 0.2) is 24.3 Å². The Bertz CT molecular complexity index is 587. The third-order valence-electron chi connectivity index (χ3n) is 3.94. The molecule has 1 aromatic rings. The molecule has 1 saturated carbocycles. The SMILES string of the molecule is CCC(NS(=O)(=O)CCOc1ccccc1F)C1CC(O)C1. The molecular weight excluding hydrogens is 309 g/mol. The van der Waals surface area contributed by atoms with Gasteiger partial charge in [0.15, 0.2) is 11.6 Å². The molecule has 2 N–H and O–H groups in total. The smallest absolute Gasteiger partial charge is 0.215 e. The minimum Gasteiger partial charge on any atom is -0.489 e. The minimum absolute atomic E-state index is 0.0480. The summed E-state index contributed by atoms with van der Waals surface area (Å²) in [6, 6.07) is 5.72. The lowest BCUT2D eigenvalue weighted by molar-refractivity contribution is 0.0277. The van der Waals surface area contributed by atoms with Crippen LogP contribution in [0.4, 0.5) is 4.39 Å². The van der Waals surface area contributed by atoms with Crippen LogP contribution in [0.1, 0.15) is 26.2 Å². The van der Waals surface area contributed by atoms with E-state index in [9.17, 15) is 17.9 Å². The Labute approximate surface area is 130 Å². The second kappa shape index (κ2) is 7.39. The zero-order valence-corrected chi connectivity index (χ0v) is 13.4. The number of para-hydroxylation sites is 1. The van der Waals surface area contributed by atoms with Gasteiger partial charge in [-0.3, -0.25) is 0 Å². The molecule has 124 valence electrons. The highest BCUT2D eigenvalue weighted by Crippen LogP contribution is 2.31. The van der Waals surface area contributed by atoms with E-state index in [0.29, 0.717) is 19.3 Å². The van der Waals surface area contributed by atoms with Gasteiger partial charge >= 0.3 is 0 Å². The maximum atomic E-state index is 13.4. The monoisotopic (exact) mass is 331 g/mol. The van der Waals surface area contributed by atoms with Gasteiger partial charge < -0.3 is 9.84 Å². The fourth-order valence-corrected chi connectivity index (χ4v) is 3.82. The summed E-state index contributed by atoms with van der Waals surface area (Å²) in [6.07, 6.45) is 1.62. The van der Waals surface area contributed by atoms with Crippen LogP contribution in [0.2, 0.25) is 0 Å². The Balaban J connectivity index is 1.82. The zero-order valence-electron chi connectivity index (χ0n) is 12.5. The van der Waals surface area contributed by atoms with Crippen LogP contribution < -0.4 is 9.46 Å². The molecule has 1 aliphatic rings. The van der Waals surface area contributed by atoms with Gasteiger partial charge in [-0.2, -0.15) is 0 Å². The van der Waals surface area contributed by atoms with Crippen LogP contribution in [0, 0.1) is 11.7 Å². The van der Waals surface area contributed by atoms with Crippen LogP contribution in [-0.2, 0) is 10.0 Å². The van der Waals surface area contributed by atoms with Crippen LogP contribution in [0.3, 0.4) is 0 Å². The average Bonchev–Trinajstić information content (AvgIpc) is 2.44. The number of aliphatic hydroxyl groups is 1. The molecule has 0 spiro atoms. The van der Waals surface area contributed by atoms with Crippen LogP contribution in [0.25, 0.3) is 0 Å². The number of benzene rings is 1. The summed E-state index contributed by atoms with van der Waals surface area (Å²) in [5.74, 6) is -0.510. The Morgan fingerprint density at radius 2 is 2.09 bits per heavy atom. The van der Waals surface area contributed by atoms with Crippen molar-refractivity contribution in [2.45, 2.75) is 38.3 Å². The highest BCUT2D eigenvalue weighted by Gasteiger charge is 2.34. The zero-order chi connectivity index (χ0) is 16.2. The van der Waals surface area contributed by atoms with Crippen molar-refractivity contribution in [1.29, 1.82) is 0 Å². The predicted octanol–water partition coefficient (Wildman–Crippen LogP) is 1.67. The molecule has 0 bridgehead atoms. The Morgan fingerprint density at radius 3 is 2.68 bits per heavy atom. The van der Waals surface area contributed by atoms with Gasteiger partial charge in [-0.15, -0.1) is 0 Å². The summed E-state index contributed by atoms with van der Waals surface area (Å²) in [6.45, 7) is 1.80. The number of ether oxygens (including phenoxy) is 1. The highest BCUT2D eigenvalue weighted by molar-refractivity contribution is 7.89. The van der Waals surface area contributed by atoms with Gasteiger partial charge in [-0.1, -0.05) is 19.1 Å². The van der Waals surface area contributed by atoms with Crippen LogP contribution in [-0.4, -0.2) is 38.0 Å². The van der Waals surface area contributed by atoms with E-state index in [2.05, 4.69) is 4.72 Å². The summed E-state index contributed by atoms with van der Waals surface area (Å²) in [4.78, 5) is 0. The first-order chi connectivity index (χ1) is 10.4. The number of rotatable bonds is 8. The number of sulfonamides is 1. The van der Waals surface area contributed by atoms with Crippen molar-refractivity contribution in [2.75, 3.05) is 12.4 Å². The van der Waals surface area contributed by atoms with E-state index >= 15 is 0 Å². The molecule has 0 saturated heterocycles. The van der Waals surface area contributed by atoms with Crippen molar-refractivity contribution >= 4 is 10.0 Å². The average molecular weight is 331 g/mol. The van der Waals surface area contributed by atoms with Crippen molar-refractivity contribution in [1.82, 2.24) is 4.72 Å². The minimum atomic E-state index is -3.49. The van der Waals surface area contributed by atoms with E-state index in [4.69, 9.17) is 4.74 Å². The lowest BCUT2D eigenvalue weighted by Gasteiger charge is -2.37. The molecule has 1 aromatic carbocycles. The summed E-state index contributed by atoms with van der Waals surface area (Å²) in [5, 5.41) is 9.32. The van der Waals surface area contributed by atoms with Gasteiger partial charge in [0.2, 0.25) is 10.0 Å². The molecule has 0 aromatic heterocycles. The lowest BCUT2D eigenvalue weighted by Crippen LogP contribution is -2.47. The van der Waals surface area contributed by atoms with Gasteiger partial charge in [0.05, 0.1) is 11.9 Å². The van der Waals surface area contributed by atoms with Crippen LogP contribution >= 0.6 is 0 Å². The summed E-state index contributed by atoms with van der Waals surface area (Å²) < 4.78 is 45.3. The maximum Gasteiger partial charge on any atom is 0.215 e. The Hall–Kier alpha value is -1.18. The molecule has 22 heavy (non-hydrogen) atoms. The molecule has 0 aliphatic heterocycles. The first-order valence-corrected chi connectivity index (χ1v) is 9.12. The van der Waals surface area contributed by atoms with Gasteiger partial charge in [0, 0.05) is 6.04 Å².